The predicted molar refractivity (Wildman–Crippen MR) is 96.4 cm³/mol. The van der Waals surface area contributed by atoms with E-state index in [4.69, 9.17) is 18.9 Å². The van der Waals surface area contributed by atoms with Crippen molar-refractivity contribution in [2.24, 2.45) is 0 Å². The number of rotatable bonds is 8. The molecule has 2 rings (SSSR count). The standard InChI is InChI=1S/C20H22O5/c1-4-13-24-16-7-9-17(10-8-16)25-20(21)12-6-15-5-11-18(22-2)19(14-15)23-3/h5-12,14H,4,13H2,1-3H3/b12-6+. The summed E-state index contributed by atoms with van der Waals surface area (Å²) < 4.78 is 21.2. The number of methoxy groups -OCH3 is 2. The van der Waals surface area contributed by atoms with Crippen LogP contribution in [-0.2, 0) is 4.79 Å². The van der Waals surface area contributed by atoms with E-state index in [0.29, 0.717) is 23.9 Å². The van der Waals surface area contributed by atoms with Gasteiger partial charge in [-0.05, 0) is 54.5 Å². The quantitative estimate of drug-likeness (QED) is 0.410. The minimum absolute atomic E-state index is 0.461. The first-order valence-electron chi connectivity index (χ1n) is 8.01. The third-order valence-corrected chi connectivity index (χ3v) is 3.33. The minimum Gasteiger partial charge on any atom is -0.494 e. The van der Waals surface area contributed by atoms with Gasteiger partial charge < -0.3 is 18.9 Å². The van der Waals surface area contributed by atoms with Gasteiger partial charge in [0.15, 0.2) is 11.5 Å². The van der Waals surface area contributed by atoms with Crippen molar-refractivity contribution in [1.29, 1.82) is 0 Å². The maximum absolute atomic E-state index is 11.9. The van der Waals surface area contributed by atoms with Crippen molar-refractivity contribution in [3.63, 3.8) is 0 Å². The lowest BCUT2D eigenvalue weighted by Gasteiger charge is -2.07. The van der Waals surface area contributed by atoms with E-state index in [9.17, 15) is 4.79 Å². The molecule has 0 saturated heterocycles. The van der Waals surface area contributed by atoms with Gasteiger partial charge in [0.2, 0.25) is 0 Å². The van der Waals surface area contributed by atoms with Crippen LogP contribution in [0.15, 0.2) is 48.5 Å². The van der Waals surface area contributed by atoms with E-state index >= 15 is 0 Å². The van der Waals surface area contributed by atoms with Crippen LogP contribution in [0.2, 0.25) is 0 Å². The highest BCUT2D eigenvalue weighted by molar-refractivity contribution is 5.88. The Labute approximate surface area is 147 Å². The summed E-state index contributed by atoms with van der Waals surface area (Å²) in [7, 11) is 3.14. The van der Waals surface area contributed by atoms with Gasteiger partial charge in [-0.15, -0.1) is 0 Å². The van der Waals surface area contributed by atoms with Crippen LogP contribution in [0.4, 0.5) is 0 Å². The van der Waals surface area contributed by atoms with Crippen molar-refractivity contribution in [1.82, 2.24) is 0 Å². The molecule has 2 aromatic rings. The maximum Gasteiger partial charge on any atom is 0.336 e. The predicted octanol–water partition coefficient (Wildman–Crippen LogP) is 4.11. The number of carbonyl (C=O) groups is 1. The Kier molecular flexibility index (Phi) is 6.89. The van der Waals surface area contributed by atoms with E-state index in [1.54, 1.807) is 56.7 Å². The van der Waals surface area contributed by atoms with Crippen LogP contribution in [0.3, 0.4) is 0 Å². The van der Waals surface area contributed by atoms with Crippen molar-refractivity contribution in [3.8, 4) is 23.0 Å². The van der Waals surface area contributed by atoms with Gasteiger partial charge >= 0.3 is 5.97 Å². The fourth-order valence-electron chi connectivity index (χ4n) is 2.09. The summed E-state index contributed by atoms with van der Waals surface area (Å²) in [5.41, 5.74) is 0.804. The third kappa shape index (κ3) is 5.57. The molecule has 0 unspecified atom stereocenters. The molecule has 0 aliphatic rings. The normalized spacial score (nSPS) is 10.5. The van der Waals surface area contributed by atoms with Gasteiger partial charge in [-0.25, -0.2) is 4.79 Å². The SMILES string of the molecule is CCCOc1ccc(OC(=O)/C=C/c2ccc(OC)c(OC)c2)cc1. The largest absolute Gasteiger partial charge is 0.494 e. The van der Waals surface area contributed by atoms with Crippen LogP contribution >= 0.6 is 0 Å². The van der Waals surface area contributed by atoms with E-state index in [1.165, 1.54) is 6.08 Å². The van der Waals surface area contributed by atoms with Gasteiger partial charge in [0, 0.05) is 6.08 Å². The highest BCUT2D eigenvalue weighted by Gasteiger charge is 2.04. The summed E-state index contributed by atoms with van der Waals surface area (Å²) in [5, 5.41) is 0. The zero-order valence-corrected chi connectivity index (χ0v) is 14.7. The van der Waals surface area contributed by atoms with E-state index in [-0.39, 0.29) is 0 Å². The molecule has 132 valence electrons. The number of hydrogen-bond acceptors (Lipinski definition) is 5. The average molecular weight is 342 g/mol. The molecule has 0 heterocycles. The van der Waals surface area contributed by atoms with E-state index in [2.05, 4.69) is 0 Å². The molecule has 2 aromatic carbocycles. The van der Waals surface area contributed by atoms with Gasteiger partial charge in [-0.1, -0.05) is 13.0 Å². The first-order chi connectivity index (χ1) is 12.2. The molecule has 5 heteroatoms. The van der Waals surface area contributed by atoms with Crippen LogP contribution in [0.5, 0.6) is 23.0 Å². The van der Waals surface area contributed by atoms with Crippen LogP contribution < -0.4 is 18.9 Å². The van der Waals surface area contributed by atoms with Crippen molar-refractivity contribution in [2.75, 3.05) is 20.8 Å². The summed E-state index contributed by atoms with van der Waals surface area (Å²) in [6, 6.07) is 12.3. The van der Waals surface area contributed by atoms with Gasteiger partial charge in [0.25, 0.3) is 0 Å². The highest BCUT2D eigenvalue weighted by Crippen LogP contribution is 2.28. The first kappa shape index (κ1) is 18.4. The summed E-state index contributed by atoms with van der Waals surface area (Å²) in [6.45, 7) is 2.70. The Hall–Kier alpha value is -2.95. The zero-order valence-electron chi connectivity index (χ0n) is 14.7. The molecule has 0 N–H and O–H groups in total. The molecule has 0 fully saturated rings. The van der Waals surface area contributed by atoms with Crippen molar-refractivity contribution < 1.29 is 23.7 Å². The molecule has 0 bridgehead atoms. The van der Waals surface area contributed by atoms with Crippen LogP contribution in [-0.4, -0.2) is 26.8 Å². The number of ether oxygens (including phenoxy) is 4. The van der Waals surface area contributed by atoms with E-state index < -0.39 is 5.97 Å². The van der Waals surface area contributed by atoms with E-state index in [1.807, 2.05) is 13.0 Å². The fourth-order valence-corrected chi connectivity index (χ4v) is 2.09. The molecule has 0 aliphatic heterocycles. The second-order valence-electron chi connectivity index (χ2n) is 5.19. The second-order valence-corrected chi connectivity index (χ2v) is 5.19. The highest BCUT2D eigenvalue weighted by atomic mass is 16.5. The third-order valence-electron chi connectivity index (χ3n) is 3.33. The molecule has 0 saturated carbocycles. The molecule has 0 radical (unpaired) electrons. The Morgan fingerprint density at radius 1 is 0.960 bits per heavy atom. The first-order valence-corrected chi connectivity index (χ1v) is 8.01. The molecular weight excluding hydrogens is 320 g/mol. The zero-order chi connectivity index (χ0) is 18.1. The molecule has 0 spiro atoms. The summed E-state index contributed by atoms with van der Waals surface area (Å²) in [6.07, 6.45) is 3.96. The van der Waals surface area contributed by atoms with Crippen molar-refractivity contribution >= 4 is 12.0 Å². The molecule has 0 aliphatic carbocycles. The van der Waals surface area contributed by atoms with Crippen LogP contribution in [0.25, 0.3) is 6.08 Å². The fraction of sp³-hybridized carbons (Fsp3) is 0.250. The lowest BCUT2D eigenvalue weighted by Crippen LogP contribution is -2.03. The lowest BCUT2D eigenvalue weighted by atomic mass is 10.2. The average Bonchev–Trinajstić information content (AvgIpc) is 2.65. The second kappa shape index (κ2) is 9.37. The molecule has 5 nitrogen and oxygen atoms in total. The Bertz CT molecular complexity index is 719. The van der Waals surface area contributed by atoms with E-state index in [0.717, 1.165) is 17.7 Å². The van der Waals surface area contributed by atoms with Crippen LogP contribution in [0.1, 0.15) is 18.9 Å². The number of benzene rings is 2. The Morgan fingerprint density at radius 3 is 2.28 bits per heavy atom. The smallest absolute Gasteiger partial charge is 0.336 e. The van der Waals surface area contributed by atoms with Gasteiger partial charge in [-0.3, -0.25) is 0 Å². The minimum atomic E-state index is -0.461. The topological polar surface area (TPSA) is 54.0 Å². The molecule has 0 amide bonds. The summed E-state index contributed by atoms with van der Waals surface area (Å²) >= 11 is 0. The lowest BCUT2D eigenvalue weighted by molar-refractivity contribution is -0.128. The van der Waals surface area contributed by atoms with Gasteiger partial charge in [0.1, 0.15) is 11.5 Å². The maximum atomic E-state index is 11.9. The number of hydrogen-bond donors (Lipinski definition) is 0. The van der Waals surface area contributed by atoms with Crippen molar-refractivity contribution in [2.45, 2.75) is 13.3 Å². The molecule has 0 atom stereocenters. The summed E-state index contributed by atoms with van der Waals surface area (Å²) in [5.74, 6) is 1.98. The monoisotopic (exact) mass is 342 g/mol. The summed E-state index contributed by atoms with van der Waals surface area (Å²) in [4.78, 5) is 11.9. The molecule has 25 heavy (non-hydrogen) atoms. The number of esters is 1. The van der Waals surface area contributed by atoms with Crippen LogP contribution in [0, 0.1) is 0 Å². The Morgan fingerprint density at radius 2 is 1.64 bits per heavy atom. The molecule has 0 aromatic heterocycles. The molecular formula is C20H22O5. The van der Waals surface area contributed by atoms with Gasteiger partial charge in [0.05, 0.1) is 20.8 Å². The van der Waals surface area contributed by atoms with Crippen molar-refractivity contribution in [3.05, 3.63) is 54.1 Å². The van der Waals surface area contributed by atoms with Gasteiger partial charge in [-0.2, -0.15) is 0 Å². The number of carbonyl (C=O) groups excluding carboxylic acids is 1. The Balaban J connectivity index is 1.96.